The first-order valence-corrected chi connectivity index (χ1v) is 13.7. The summed E-state index contributed by atoms with van der Waals surface area (Å²) in [6, 6.07) is 25.6. The van der Waals surface area contributed by atoms with Crippen LogP contribution in [0.25, 0.3) is 0 Å². The highest BCUT2D eigenvalue weighted by molar-refractivity contribution is 6.25. The molecule has 0 saturated carbocycles. The van der Waals surface area contributed by atoms with Crippen molar-refractivity contribution in [2.75, 3.05) is 4.90 Å². The fourth-order valence-corrected chi connectivity index (χ4v) is 7.07. The Balaban J connectivity index is 1.37. The molecule has 10 heteroatoms. The number of benzene rings is 4. The van der Waals surface area contributed by atoms with Gasteiger partial charge in [-0.2, -0.15) is 5.10 Å². The summed E-state index contributed by atoms with van der Waals surface area (Å²) >= 11 is 0. The molecule has 0 spiro atoms. The van der Waals surface area contributed by atoms with Crippen molar-refractivity contribution in [2.24, 2.45) is 16.9 Å². The summed E-state index contributed by atoms with van der Waals surface area (Å²) in [5.41, 5.74) is 5.39. The summed E-state index contributed by atoms with van der Waals surface area (Å²) in [5, 5.41) is 25.7. The molecule has 10 nitrogen and oxygen atoms in total. The first kappa shape index (κ1) is 26.3. The van der Waals surface area contributed by atoms with Crippen molar-refractivity contribution < 1.29 is 24.4 Å². The quantitative estimate of drug-likeness (QED) is 0.155. The molecule has 2 N–H and O–H groups in total. The fraction of sp³-hybridized carbons (Fsp3) is 0.152. The summed E-state index contributed by atoms with van der Waals surface area (Å²) < 4.78 is 0. The van der Waals surface area contributed by atoms with Crippen LogP contribution in [0.4, 0.5) is 11.4 Å². The van der Waals surface area contributed by atoms with Gasteiger partial charge in [-0.1, -0.05) is 66.2 Å². The number of phenols is 1. The Morgan fingerprint density at radius 1 is 0.953 bits per heavy atom. The molecule has 0 radical (unpaired) electrons. The first-order chi connectivity index (χ1) is 20.7. The minimum Gasteiger partial charge on any atom is -0.507 e. The van der Waals surface area contributed by atoms with Crippen LogP contribution in [-0.4, -0.2) is 34.0 Å². The van der Waals surface area contributed by atoms with Crippen LogP contribution in [0, 0.1) is 28.9 Å². The van der Waals surface area contributed by atoms with Gasteiger partial charge in [0.15, 0.2) is 0 Å². The number of non-ortho nitro benzene ring substituents is 1. The third-order valence-corrected chi connectivity index (χ3v) is 8.85. The zero-order chi connectivity index (χ0) is 30.0. The zero-order valence-electron chi connectivity index (χ0n) is 22.8. The third kappa shape index (κ3) is 3.66. The first-order valence-electron chi connectivity index (χ1n) is 13.7. The molecule has 4 aromatic rings. The molecule has 4 aromatic carbocycles. The Hall–Kier alpha value is -5.64. The van der Waals surface area contributed by atoms with Crippen molar-refractivity contribution in [3.05, 3.63) is 134 Å². The number of nitrogens with one attached hydrogen (secondary N) is 1. The van der Waals surface area contributed by atoms with E-state index in [2.05, 4.69) is 10.5 Å². The molecule has 1 heterocycles. The number of hydrogen-bond donors (Lipinski definition) is 2. The highest BCUT2D eigenvalue weighted by atomic mass is 16.6. The molecular formula is C33H24N4O6. The molecule has 1 saturated heterocycles. The Morgan fingerprint density at radius 3 is 2.21 bits per heavy atom. The molecule has 8 rings (SSSR count). The molecule has 43 heavy (non-hydrogen) atoms. The number of hydrazone groups is 1. The topological polar surface area (TPSA) is 142 Å². The summed E-state index contributed by atoms with van der Waals surface area (Å²) in [5.74, 6) is -3.87. The van der Waals surface area contributed by atoms with E-state index in [0.29, 0.717) is 5.69 Å². The summed E-state index contributed by atoms with van der Waals surface area (Å²) in [7, 11) is 0. The lowest BCUT2D eigenvalue weighted by Gasteiger charge is -2.52. The zero-order valence-corrected chi connectivity index (χ0v) is 22.8. The van der Waals surface area contributed by atoms with Gasteiger partial charge in [-0.25, -0.2) is 10.3 Å². The number of amides is 3. The number of nitro benzene ring substituents is 1. The van der Waals surface area contributed by atoms with E-state index in [-0.39, 0.29) is 29.0 Å². The second-order valence-corrected chi connectivity index (χ2v) is 11.0. The second-order valence-electron chi connectivity index (χ2n) is 11.0. The van der Waals surface area contributed by atoms with Crippen LogP contribution < -0.4 is 10.3 Å². The van der Waals surface area contributed by atoms with Gasteiger partial charge in [0.2, 0.25) is 11.8 Å². The number of carbonyl (C=O) groups excluding carboxylic acids is 3. The maximum absolute atomic E-state index is 14.4. The number of aromatic hydroxyl groups is 1. The Morgan fingerprint density at radius 2 is 1.58 bits per heavy atom. The van der Waals surface area contributed by atoms with Crippen molar-refractivity contribution in [3.63, 3.8) is 0 Å². The van der Waals surface area contributed by atoms with E-state index in [1.54, 1.807) is 12.1 Å². The highest BCUT2D eigenvalue weighted by Crippen LogP contribution is 2.63. The van der Waals surface area contributed by atoms with Crippen molar-refractivity contribution in [1.29, 1.82) is 0 Å². The largest absolute Gasteiger partial charge is 0.507 e. The maximum Gasteiger partial charge on any atom is 0.275 e. The molecule has 0 unspecified atom stereocenters. The van der Waals surface area contributed by atoms with Crippen molar-refractivity contribution in [2.45, 2.75) is 18.3 Å². The van der Waals surface area contributed by atoms with Crippen molar-refractivity contribution in [3.8, 4) is 5.75 Å². The van der Waals surface area contributed by atoms with E-state index in [1.165, 1.54) is 11.1 Å². The second kappa shape index (κ2) is 9.45. The molecule has 2 atom stereocenters. The lowest BCUT2D eigenvalue weighted by atomic mass is 9.47. The van der Waals surface area contributed by atoms with E-state index in [4.69, 9.17) is 0 Å². The van der Waals surface area contributed by atoms with Crippen LogP contribution in [-0.2, 0) is 15.0 Å². The van der Waals surface area contributed by atoms with Gasteiger partial charge in [0.05, 0.1) is 33.4 Å². The van der Waals surface area contributed by atoms with E-state index < -0.39 is 33.8 Å². The standard InChI is InChI=1S/C33H24N4O6/c1-18-10-12-19(13-11-18)36-31(40)28-27-21-6-2-4-8-24(21)33(29(28)32(36)41,25-9-5-3-7-22(25)27)17-34-35-30(39)23-16-20(37(42)43)14-15-26(23)38/h2-17,27-29,38H,1H3,(H,35,39)/b34-17-/t27?,28-,29+,33?/m1/s1. The molecule has 4 aliphatic rings. The van der Waals surface area contributed by atoms with Crippen LogP contribution in [0.2, 0.25) is 0 Å². The van der Waals surface area contributed by atoms with Gasteiger partial charge in [0.1, 0.15) is 5.75 Å². The number of nitrogens with zero attached hydrogens (tertiary/aromatic N) is 3. The normalized spacial score (nSPS) is 23.2. The monoisotopic (exact) mass is 572 g/mol. The predicted molar refractivity (Wildman–Crippen MR) is 157 cm³/mol. The molecule has 212 valence electrons. The number of phenolic OH excluding ortho intramolecular Hbond substituents is 1. The lowest BCUT2D eigenvalue weighted by molar-refractivity contribution is -0.384. The van der Waals surface area contributed by atoms with E-state index in [1.807, 2.05) is 67.6 Å². The van der Waals surface area contributed by atoms with Crippen LogP contribution >= 0.6 is 0 Å². The van der Waals surface area contributed by atoms with Gasteiger partial charge in [-0.15, -0.1) is 0 Å². The summed E-state index contributed by atoms with van der Waals surface area (Å²) in [6.07, 6.45) is 1.49. The molecule has 3 aliphatic carbocycles. The van der Waals surface area contributed by atoms with Gasteiger partial charge >= 0.3 is 0 Å². The molecule has 1 fully saturated rings. The number of nitro groups is 1. The van der Waals surface area contributed by atoms with Crippen molar-refractivity contribution in [1.82, 2.24) is 5.43 Å². The number of aryl methyl sites for hydroxylation is 1. The van der Waals surface area contributed by atoms with E-state index in [9.17, 15) is 29.6 Å². The van der Waals surface area contributed by atoms with E-state index >= 15 is 0 Å². The summed E-state index contributed by atoms with van der Waals surface area (Å²) in [4.78, 5) is 53.4. The minimum absolute atomic E-state index is 0.295. The SMILES string of the molecule is Cc1ccc(N2C(=O)[C@@H]3C4c5ccccc5C(/C=N\NC(=O)c5cc([N+](=O)[O-])ccc5O)(c5ccccc54)[C@@H]3C2=O)cc1. The number of anilines is 1. The minimum atomic E-state index is -1.21. The Bertz CT molecular complexity index is 1850. The third-order valence-electron chi connectivity index (χ3n) is 8.85. The van der Waals surface area contributed by atoms with Crippen LogP contribution in [0.3, 0.4) is 0 Å². The van der Waals surface area contributed by atoms with Gasteiger partial charge in [-0.05, 0) is 47.4 Å². The fourth-order valence-electron chi connectivity index (χ4n) is 7.07. The Labute approximate surface area is 245 Å². The molecular weight excluding hydrogens is 548 g/mol. The van der Waals surface area contributed by atoms with Gasteiger partial charge in [0, 0.05) is 24.3 Å². The number of rotatable bonds is 5. The van der Waals surface area contributed by atoms with Crippen LogP contribution in [0.5, 0.6) is 5.75 Å². The predicted octanol–water partition coefficient (Wildman–Crippen LogP) is 4.58. The van der Waals surface area contributed by atoms with Crippen LogP contribution in [0.1, 0.15) is 44.1 Å². The smallest absolute Gasteiger partial charge is 0.275 e. The molecule has 2 bridgehead atoms. The van der Waals surface area contributed by atoms with Crippen LogP contribution in [0.15, 0.2) is 96.1 Å². The molecule has 1 aliphatic heterocycles. The Kier molecular flexibility index (Phi) is 5.77. The molecule has 0 aromatic heterocycles. The summed E-state index contributed by atoms with van der Waals surface area (Å²) in [6.45, 7) is 1.93. The molecule has 3 amide bonds. The number of hydrogen-bond acceptors (Lipinski definition) is 7. The average molecular weight is 573 g/mol. The average Bonchev–Trinajstić information content (AvgIpc) is 3.28. The number of carbonyl (C=O) groups is 3. The van der Waals surface area contributed by atoms with E-state index in [0.717, 1.165) is 46.0 Å². The highest BCUT2D eigenvalue weighted by Gasteiger charge is 2.68. The number of imide groups is 1. The van der Waals surface area contributed by atoms with Gasteiger partial charge in [-0.3, -0.25) is 24.5 Å². The maximum atomic E-state index is 14.4. The van der Waals surface area contributed by atoms with Gasteiger partial charge < -0.3 is 5.11 Å². The van der Waals surface area contributed by atoms with Crippen molar-refractivity contribution >= 4 is 35.3 Å². The van der Waals surface area contributed by atoms with Gasteiger partial charge in [0.25, 0.3) is 11.6 Å². The lowest BCUT2D eigenvalue weighted by Crippen LogP contribution is -2.54.